The van der Waals surface area contributed by atoms with Gasteiger partial charge in [0.15, 0.2) is 0 Å². The molecular formula is C22H24N4OS. The minimum atomic E-state index is -0.0596. The van der Waals surface area contributed by atoms with Gasteiger partial charge in [0.05, 0.1) is 10.7 Å². The summed E-state index contributed by atoms with van der Waals surface area (Å²) in [5.41, 5.74) is 1.32. The van der Waals surface area contributed by atoms with E-state index in [1.807, 2.05) is 17.2 Å². The summed E-state index contributed by atoms with van der Waals surface area (Å²) >= 11 is 1.74. The number of hydrogen-bond acceptors (Lipinski definition) is 5. The highest BCUT2D eigenvalue weighted by Crippen LogP contribution is 2.30. The van der Waals surface area contributed by atoms with Crippen LogP contribution < -0.4 is 10.2 Å². The maximum atomic E-state index is 13.0. The van der Waals surface area contributed by atoms with Crippen LogP contribution in [-0.2, 0) is 4.79 Å². The normalized spacial score (nSPS) is 22.7. The summed E-state index contributed by atoms with van der Waals surface area (Å²) in [5, 5.41) is 6.81. The third kappa shape index (κ3) is 3.27. The van der Waals surface area contributed by atoms with E-state index in [2.05, 4.69) is 57.0 Å². The van der Waals surface area contributed by atoms with Crippen molar-refractivity contribution in [1.29, 1.82) is 0 Å². The first kappa shape index (κ1) is 17.6. The molecule has 6 heteroatoms. The number of carbonyl (C=O) groups is 1. The molecule has 1 aromatic carbocycles. The van der Waals surface area contributed by atoms with Gasteiger partial charge >= 0.3 is 0 Å². The second-order valence-electron chi connectivity index (χ2n) is 7.59. The van der Waals surface area contributed by atoms with Crippen LogP contribution in [0.3, 0.4) is 0 Å². The fourth-order valence-electron chi connectivity index (χ4n) is 4.37. The number of hydrogen-bond donors (Lipinski definition) is 1. The lowest BCUT2D eigenvalue weighted by Gasteiger charge is -2.36. The number of thiophene rings is 1. The molecule has 3 aromatic rings. The third-order valence-electron chi connectivity index (χ3n) is 5.94. The van der Waals surface area contributed by atoms with Crippen LogP contribution in [0, 0.1) is 0 Å². The number of benzene rings is 1. The van der Waals surface area contributed by atoms with E-state index in [0.29, 0.717) is 5.92 Å². The van der Waals surface area contributed by atoms with Gasteiger partial charge in [0.1, 0.15) is 5.82 Å². The SMILES string of the molecule is O=C([C@H]1C[C@@H](c2ccccc2)CN1)N1CCN(c2nccc3ccsc23)CC1. The lowest BCUT2D eigenvalue weighted by Crippen LogP contribution is -2.53. The Morgan fingerprint density at radius 3 is 2.71 bits per heavy atom. The van der Waals surface area contributed by atoms with Gasteiger partial charge in [0.25, 0.3) is 0 Å². The molecule has 2 atom stereocenters. The Bertz CT molecular complexity index is 965. The van der Waals surface area contributed by atoms with E-state index in [4.69, 9.17) is 0 Å². The van der Waals surface area contributed by atoms with E-state index < -0.39 is 0 Å². The lowest BCUT2D eigenvalue weighted by molar-refractivity contribution is -0.133. The molecule has 0 bridgehead atoms. The summed E-state index contributed by atoms with van der Waals surface area (Å²) in [5.74, 6) is 1.74. The van der Waals surface area contributed by atoms with E-state index in [1.54, 1.807) is 11.3 Å². The van der Waals surface area contributed by atoms with Gasteiger partial charge in [-0.3, -0.25) is 4.79 Å². The van der Waals surface area contributed by atoms with Crippen molar-refractivity contribution in [3.63, 3.8) is 0 Å². The molecule has 5 rings (SSSR count). The zero-order valence-electron chi connectivity index (χ0n) is 15.8. The van der Waals surface area contributed by atoms with E-state index in [-0.39, 0.29) is 11.9 Å². The summed E-state index contributed by atoms with van der Waals surface area (Å²) in [4.78, 5) is 22.0. The van der Waals surface area contributed by atoms with Crippen molar-refractivity contribution in [3.8, 4) is 0 Å². The monoisotopic (exact) mass is 392 g/mol. The van der Waals surface area contributed by atoms with Crippen LogP contribution in [0.4, 0.5) is 5.82 Å². The average Bonchev–Trinajstić information content (AvgIpc) is 3.43. The van der Waals surface area contributed by atoms with E-state index >= 15 is 0 Å². The van der Waals surface area contributed by atoms with E-state index in [0.717, 1.165) is 45.0 Å². The Kier molecular flexibility index (Phi) is 4.74. The molecule has 0 aliphatic carbocycles. The number of nitrogens with zero attached hydrogens (tertiary/aromatic N) is 3. The van der Waals surface area contributed by atoms with E-state index in [9.17, 15) is 4.79 Å². The molecule has 0 radical (unpaired) electrons. The quantitative estimate of drug-likeness (QED) is 0.744. The molecule has 2 fully saturated rings. The summed E-state index contributed by atoms with van der Waals surface area (Å²) in [6.07, 6.45) is 2.77. The molecular weight excluding hydrogens is 368 g/mol. The van der Waals surface area contributed by atoms with Crippen LogP contribution in [0.25, 0.3) is 10.1 Å². The number of rotatable bonds is 3. The Balaban J connectivity index is 1.21. The molecule has 0 spiro atoms. The van der Waals surface area contributed by atoms with Crippen LogP contribution in [0.5, 0.6) is 0 Å². The number of nitrogens with one attached hydrogen (secondary N) is 1. The molecule has 1 amide bonds. The van der Waals surface area contributed by atoms with Gasteiger partial charge in [0, 0.05) is 38.9 Å². The fraction of sp³-hybridized carbons (Fsp3) is 0.364. The molecule has 4 heterocycles. The van der Waals surface area contributed by atoms with Crippen molar-refractivity contribution >= 4 is 33.1 Å². The minimum Gasteiger partial charge on any atom is -0.352 e. The van der Waals surface area contributed by atoms with Crippen LogP contribution in [-0.4, -0.2) is 54.6 Å². The molecule has 0 saturated carbocycles. The summed E-state index contributed by atoms with van der Waals surface area (Å²) in [6.45, 7) is 4.08. The molecule has 2 aliphatic heterocycles. The van der Waals surface area contributed by atoms with Crippen LogP contribution in [0.2, 0.25) is 0 Å². The molecule has 144 valence electrons. The first-order valence-corrected chi connectivity index (χ1v) is 10.8. The number of fused-ring (bicyclic) bond motifs is 1. The molecule has 5 nitrogen and oxygen atoms in total. The number of piperazine rings is 1. The second kappa shape index (κ2) is 7.53. The zero-order chi connectivity index (χ0) is 18.9. The summed E-state index contributed by atoms with van der Waals surface area (Å²) in [7, 11) is 0. The Labute approximate surface area is 169 Å². The maximum Gasteiger partial charge on any atom is 0.239 e. The van der Waals surface area contributed by atoms with Crippen molar-refractivity contribution in [3.05, 3.63) is 59.6 Å². The first-order valence-electron chi connectivity index (χ1n) is 9.94. The third-order valence-corrected chi connectivity index (χ3v) is 6.87. The van der Waals surface area contributed by atoms with Crippen LogP contribution >= 0.6 is 11.3 Å². The number of amides is 1. The zero-order valence-corrected chi connectivity index (χ0v) is 16.6. The van der Waals surface area contributed by atoms with Crippen molar-refractivity contribution in [1.82, 2.24) is 15.2 Å². The first-order chi connectivity index (χ1) is 13.8. The Morgan fingerprint density at radius 2 is 1.89 bits per heavy atom. The Hall–Kier alpha value is -2.44. The van der Waals surface area contributed by atoms with Gasteiger partial charge in [-0.15, -0.1) is 11.3 Å². The van der Waals surface area contributed by atoms with Crippen molar-refractivity contribution in [2.75, 3.05) is 37.6 Å². The molecule has 2 saturated heterocycles. The minimum absolute atomic E-state index is 0.0596. The predicted molar refractivity (Wildman–Crippen MR) is 114 cm³/mol. The Morgan fingerprint density at radius 1 is 1.07 bits per heavy atom. The molecule has 28 heavy (non-hydrogen) atoms. The summed E-state index contributed by atoms with van der Waals surface area (Å²) < 4.78 is 1.24. The highest BCUT2D eigenvalue weighted by molar-refractivity contribution is 7.17. The number of pyridine rings is 1. The topological polar surface area (TPSA) is 48.5 Å². The number of carbonyl (C=O) groups excluding carboxylic acids is 1. The van der Waals surface area contributed by atoms with Gasteiger partial charge in [-0.1, -0.05) is 30.3 Å². The fourth-order valence-corrected chi connectivity index (χ4v) is 5.28. The molecule has 2 aliphatic rings. The number of aromatic nitrogens is 1. The maximum absolute atomic E-state index is 13.0. The standard InChI is InChI=1S/C22H24N4OS/c27-22(19-14-18(15-24-19)16-4-2-1-3-5-16)26-11-9-25(10-12-26)21-20-17(6-8-23-21)7-13-28-20/h1-8,13,18-19,24H,9-12,14-15H2/t18-,19-/m1/s1. The smallest absolute Gasteiger partial charge is 0.239 e. The highest BCUT2D eigenvalue weighted by Gasteiger charge is 2.34. The van der Waals surface area contributed by atoms with Gasteiger partial charge in [0.2, 0.25) is 5.91 Å². The largest absolute Gasteiger partial charge is 0.352 e. The lowest BCUT2D eigenvalue weighted by atomic mass is 9.96. The van der Waals surface area contributed by atoms with E-state index in [1.165, 1.54) is 15.6 Å². The van der Waals surface area contributed by atoms with Gasteiger partial charge in [-0.25, -0.2) is 4.98 Å². The van der Waals surface area contributed by atoms with Gasteiger partial charge < -0.3 is 15.1 Å². The molecule has 1 N–H and O–H groups in total. The van der Waals surface area contributed by atoms with Gasteiger partial charge in [-0.2, -0.15) is 0 Å². The number of anilines is 1. The highest BCUT2D eigenvalue weighted by atomic mass is 32.1. The molecule has 2 aromatic heterocycles. The van der Waals surface area contributed by atoms with Crippen LogP contribution in [0.1, 0.15) is 17.9 Å². The predicted octanol–water partition coefficient (Wildman–Crippen LogP) is 3.09. The van der Waals surface area contributed by atoms with Crippen molar-refractivity contribution in [2.24, 2.45) is 0 Å². The second-order valence-corrected chi connectivity index (χ2v) is 8.51. The van der Waals surface area contributed by atoms with Crippen molar-refractivity contribution in [2.45, 2.75) is 18.4 Å². The average molecular weight is 393 g/mol. The summed E-state index contributed by atoms with van der Waals surface area (Å²) in [6, 6.07) is 14.7. The van der Waals surface area contributed by atoms with Gasteiger partial charge in [-0.05, 0) is 40.8 Å². The molecule has 0 unspecified atom stereocenters. The van der Waals surface area contributed by atoms with Crippen LogP contribution in [0.15, 0.2) is 54.0 Å². The van der Waals surface area contributed by atoms with Crippen molar-refractivity contribution < 1.29 is 4.79 Å².